The zero-order valence-electron chi connectivity index (χ0n) is 30.8. The number of aromatic nitrogens is 2. The van der Waals surface area contributed by atoms with Gasteiger partial charge in [0.05, 0.1) is 5.41 Å². The van der Waals surface area contributed by atoms with Gasteiger partial charge in [0.25, 0.3) is 5.01 Å². The maximum Gasteiger partial charge on any atom is 0.264 e. The van der Waals surface area contributed by atoms with E-state index in [1.807, 2.05) is 6.20 Å². The molecule has 0 unspecified atom stereocenters. The van der Waals surface area contributed by atoms with Gasteiger partial charge >= 0.3 is 0 Å². The van der Waals surface area contributed by atoms with Gasteiger partial charge in [-0.05, 0) is 106 Å². The minimum atomic E-state index is -0.0697. The Labute approximate surface area is 303 Å². The monoisotopic (exact) mass is 683 g/mol. The standard InChI is InChI=1S/C44H53N5S/c1-7-46(8-2)36-25-19-34(20-26-36)23-29-41-44(5,6)38-16-11-12-17-39(38)48(41)32-13-14-33-49-40-18-15-31-45-43(40)50-42(49)30-24-35-21-27-37(28-22-35)47(9-3)10-4/h11-12,15-31H,7-10,13-14,32-33H2,1-6H3/q+2. The van der Waals surface area contributed by atoms with Gasteiger partial charge < -0.3 is 9.80 Å². The largest absolute Gasteiger partial charge is 0.372 e. The van der Waals surface area contributed by atoms with E-state index in [1.54, 1.807) is 11.3 Å². The summed E-state index contributed by atoms with van der Waals surface area (Å²) >= 11 is 1.77. The second kappa shape index (κ2) is 16.0. The second-order valence-electron chi connectivity index (χ2n) is 13.5. The summed E-state index contributed by atoms with van der Waals surface area (Å²) in [5.41, 5.74) is 10.2. The quantitative estimate of drug-likeness (QED) is 0.0812. The number of anilines is 2. The van der Waals surface area contributed by atoms with Gasteiger partial charge in [-0.3, -0.25) is 0 Å². The van der Waals surface area contributed by atoms with Gasteiger partial charge in [0.2, 0.25) is 11.2 Å². The number of nitrogens with zero attached hydrogens (tertiary/aromatic N) is 5. The zero-order chi connectivity index (χ0) is 35.1. The number of benzene rings is 3. The predicted molar refractivity (Wildman–Crippen MR) is 216 cm³/mol. The normalized spacial score (nSPS) is 14.0. The van der Waals surface area contributed by atoms with Gasteiger partial charge in [-0.1, -0.05) is 42.5 Å². The number of hydrogen-bond acceptors (Lipinski definition) is 4. The van der Waals surface area contributed by atoms with Crippen molar-refractivity contribution >= 4 is 62.7 Å². The Bertz CT molecular complexity index is 1970. The molecule has 0 aliphatic carbocycles. The van der Waals surface area contributed by atoms with Crippen molar-refractivity contribution in [1.82, 2.24) is 4.98 Å². The molecular formula is C44H53N5S+2. The topological polar surface area (TPSA) is 26.3 Å². The first-order valence-electron chi connectivity index (χ1n) is 18.5. The third kappa shape index (κ3) is 7.46. The molecule has 0 N–H and O–H groups in total. The highest BCUT2D eigenvalue weighted by Gasteiger charge is 2.43. The van der Waals surface area contributed by atoms with Crippen LogP contribution in [0.2, 0.25) is 0 Å². The average Bonchev–Trinajstić information content (AvgIpc) is 3.61. The number of aryl methyl sites for hydroxylation is 1. The van der Waals surface area contributed by atoms with Gasteiger partial charge in [0, 0.05) is 86.4 Å². The van der Waals surface area contributed by atoms with Crippen LogP contribution < -0.4 is 14.4 Å². The van der Waals surface area contributed by atoms with E-state index in [9.17, 15) is 0 Å². The number of hydrogen-bond donors (Lipinski definition) is 0. The number of fused-ring (bicyclic) bond motifs is 2. The van der Waals surface area contributed by atoms with Crippen LogP contribution in [0.3, 0.4) is 0 Å². The predicted octanol–water partition coefficient (Wildman–Crippen LogP) is 10.0. The molecule has 2 aromatic heterocycles. The van der Waals surface area contributed by atoms with E-state index >= 15 is 0 Å². The van der Waals surface area contributed by atoms with E-state index in [4.69, 9.17) is 4.98 Å². The Hall–Kier alpha value is -4.55. The van der Waals surface area contributed by atoms with Crippen molar-refractivity contribution in [3.63, 3.8) is 0 Å². The SMILES string of the molecule is CCN(CC)c1ccc(/C=C/C2=[N+](CCCC[n+]3c(/C=C/c4ccc(N(CC)CC)cc4)sc4ncccc43)c3ccccc3C2(C)C)cc1. The molecule has 3 heterocycles. The molecule has 258 valence electrons. The van der Waals surface area contributed by atoms with Crippen molar-refractivity contribution in [1.29, 1.82) is 0 Å². The Morgan fingerprint density at radius 3 is 1.86 bits per heavy atom. The van der Waals surface area contributed by atoms with Crippen molar-refractivity contribution in [3.8, 4) is 0 Å². The molecule has 0 saturated carbocycles. The fraction of sp³-hybridized carbons (Fsp3) is 0.341. The molecule has 0 atom stereocenters. The summed E-state index contributed by atoms with van der Waals surface area (Å²) in [5.74, 6) is 0. The van der Waals surface area contributed by atoms with Crippen LogP contribution in [0, 0.1) is 0 Å². The molecule has 5 nitrogen and oxygen atoms in total. The van der Waals surface area contributed by atoms with E-state index in [-0.39, 0.29) is 5.41 Å². The van der Waals surface area contributed by atoms with Crippen LogP contribution in [0.4, 0.5) is 17.1 Å². The average molecular weight is 684 g/mol. The van der Waals surface area contributed by atoms with E-state index < -0.39 is 0 Å². The Kier molecular flexibility index (Phi) is 11.3. The van der Waals surface area contributed by atoms with Crippen LogP contribution in [-0.4, -0.2) is 48.0 Å². The lowest BCUT2D eigenvalue weighted by Crippen LogP contribution is -2.35. The Morgan fingerprint density at radius 1 is 0.660 bits per heavy atom. The first-order valence-corrected chi connectivity index (χ1v) is 19.3. The zero-order valence-corrected chi connectivity index (χ0v) is 31.6. The third-order valence-corrected chi connectivity index (χ3v) is 11.3. The van der Waals surface area contributed by atoms with Crippen molar-refractivity contribution in [2.45, 2.75) is 66.3 Å². The lowest BCUT2D eigenvalue weighted by atomic mass is 9.81. The van der Waals surface area contributed by atoms with Gasteiger partial charge in [0.1, 0.15) is 6.54 Å². The van der Waals surface area contributed by atoms with E-state index in [0.717, 1.165) is 56.9 Å². The summed E-state index contributed by atoms with van der Waals surface area (Å²) in [6, 6.07) is 31.1. The summed E-state index contributed by atoms with van der Waals surface area (Å²) < 4.78 is 5.03. The van der Waals surface area contributed by atoms with E-state index in [1.165, 1.54) is 50.0 Å². The van der Waals surface area contributed by atoms with Crippen molar-refractivity contribution in [2.75, 3.05) is 42.5 Å². The number of rotatable bonds is 15. The molecule has 1 aliphatic heterocycles. The maximum atomic E-state index is 4.71. The number of para-hydroxylation sites is 1. The molecule has 0 bridgehead atoms. The van der Waals surface area contributed by atoms with Crippen molar-refractivity contribution in [3.05, 3.63) is 119 Å². The molecule has 0 spiro atoms. The molecule has 6 rings (SSSR count). The van der Waals surface area contributed by atoms with Crippen LogP contribution in [0.15, 0.2) is 97.2 Å². The number of allylic oxidation sites excluding steroid dienone is 1. The van der Waals surface area contributed by atoms with Crippen molar-refractivity contribution < 1.29 is 9.14 Å². The van der Waals surface area contributed by atoms with Crippen LogP contribution in [0.5, 0.6) is 0 Å². The van der Waals surface area contributed by atoms with Gasteiger partial charge in [-0.25, -0.2) is 4.98 Å². The second-order valence-corrected chi connectivity index (χ2v) is 14.5. The van der Waals surface area contributed by atoms with Gasteiger partial charge in [-0.2, -0.15) is 9.14 Å². The van der Waals surface area contributed by atoms with Crippen LogP contribution >= 0.6 is 11.3 Å². The number of unbranched alkanes of at least 4 members (excludes halogenated alkanes) is 1. The highest BCUT2D eigenvalue weighted by molar-refractivity contribution is 7.18. The van der Waals surface area contributed by atoms with Crippen LogP contribution in [0.25, 0.3) is 28.6 Å². The lowest BCUT2D eigenvalue weighted by molar-refractivity contribution is -0.669. The fourth-order valence-corrected chi connectivity index (χ4v) is 8.36. The molecule has 0 amide bonds. The number of pyridine rings is 1. The Balaban J connectivity index is 1.20. The first kappa shape index (κ1) is 35.3. The highest BCUT2D eigenvalue weighted by atomic mass is 32.1. The molecule has 50 heavy (non-hydrogen) atoms. The maximum absolute atomic E-state index is 4.71. The minimum Gasteiger partial charge on any atom is -0.372 e. The summed E-state index contributed by atoms with van der Waals surface area (Å²) in [7, 11) is 0. The molecule has 0 radical (unpaired) electrons. The molecule has 1 aliphatic rings. The van der Waals surface area contributed by atoms with Crippen LogP contribution in [0.1, 0.15) is 76.1 Å². The summed E-state index contributed by atoms with van der Waals surface area (Å²) in [6.45, 7) is 19.6. The van der Waals surface area contributed by atoms with E-state index in [0.29, 0.717) is 0 Å². The minimum absolute atomic E-state index is 0.0697. The lowest BCUT2D eigenvalue weighted by Gasteiger charge is -2.20. The smallest absolute Gasteiger partial charge is 0.264 e. The molecular weight excluding hydrogens is 631 g/mol. The molecule has 0 fully saturated rings. The van der Waals surface area contributed by atoms with Crippen molar-refractivity contribution in [2.24, 2.45) is 0 Å². The molecule has 5 aromatic rings. The summed E-state index contributed by atoms with van der Waals surface area (Å²) in [5, 5.41) is 1.24. The first-order chi connectivity index (χ1) is 24.4. The third-order valence-electron chi connectivity index (χ3n) is 10.2. The number of thiazole rings is 1. The van der Waals surface area contributed by atoms with Crippen LogP contribution in [-0.2, 0) is 12.0 Å². The molecule has 6 heteroatoms. The summed E-state index contributed by atoms with van der Waals surface area (Å²) in [4.78, 5) is 10.6. The van der Waals surface area contributed by atoms with E-state index in [2.05, 4.69) is 170 Å². The van der Waals surface area contributed by atoms with Gasteiger partial charge in [-0.15, -0.1) is 0 Å². The Morgan fingerprint density at radius 2 is 1.24 bits per heavy atom. The van der Waals surface area contributed by atoms with Gasteiger partial charge in [0.15, 0.2) is 17.1 Å². The fourth-order valence-electron chi connectivity index (χ4n) is 7.33. The molecule has 0 saturated heterocycles. The molecule has 3 aromatic carbocycles. The summed E-state index contributed by atoms with van der Waals surface area (Å²) in [6.07, 6.45) is 13.2. The highest BCUT2D eigenvalue weighted by Crippen LogP contribution is 2.40.